The smallest absolute Gasteiger partial charge is 0.227 e. The van der Waals surface area contributed by atoms with Gasteiger partial charge in [0.2, 0.25) is 11.4 Å². The first-order chi connectivity index (χ1) is 13.6. The summed E-state index contributed by atoms with van der Waals surface area (Å²) < 4.78 is 8.50. The molecule has 0 aliphatic rings. The number of nitrogens with zero attached hydrogens (tertiary/aromatic N) is 2. The van der Waals surface area contributed by atoms with E-state index in [9.17, 15) is 0 Å². The van der Waals surface area contributed by atoms with Crippen molar-refractivity contribution in [1.29, 1.82) is 0 Å². The zero-order valence-electron chi connectivity index (χ0n) is 16.2. The first-order valence-corrected chi connectivity index (χ1v) is 9.47. The molecule has 0 unspecified atom stereocenters. The summed E-state index contributed by atoms with van der Waals surface area (Å²) in [6.07, 6.45) is 2.14. The monoisotopic (exact) mass is 365 g/mol. The number of aromatic nitrogens is 2. The molecular formula is C25H21N2O+. The first kappa shape index (κ1) is 16.7. The van der Waals surface area contributed by atoms with Crippen molar-refractivity contribution < 1.29 is 8.98 Å². The summed E-state index contributed by atoms with van der Waals surface area (Å²) in [5, 5.41) is 2.15. The lowest BCUT2D eigenvalue weighted by atomic mass is 10.0. The summed E-state index contributed by atoms with van der Waals surface area (Å²) in [5.41, 5.74) is 8.27. The number of rotatable bonds is 2. The molecule has 0 fully saturated rings. The Balaban J connectivity index is 1.79. The molecule has 3 heteroatoms. The van der Waals surface area contributed by atoms with Crippen LogP contribution < -0.4 is 4.57 Å². The fraction of sp³-hybridized carbons (Fsp3) is 0.120. The van der Waals surface area contributed by atoms with Gasteiger partial charge >= 0.3 is 0 Å². The molecule has 3 aromatic heterocycles. The van der Waals surface area contributed by atoms with Gasteiger partial charge in [0.25, 0.3) is 0 Å². The Kier molecular flexibility index (Phi) is 3.76. The number of furan rings is 1. The minimum Gasteiger partial charge on any atom is -0.437 e. The third kappa shape index (κ3) is 2.59. The molecule has 0 saturated carbocycles. The highest BCUT2D eigenvalue weighted by Crippen LogP contribution is 2.37. The van der Waals surface area contributed by atoms with Gasteiger partial charge in [0, 0.05) is 28.0 Å². The van der Waals surface area contributed by atoms with Crippen LogP contribution in [0.15, 0.2) is 77.3 Å². The summed E-state index contributed by atoms with van der Waals surface area (Å²) >= 11 is 0. The van der Waals surface area contributed by atoms with Crippen LogP contribution in [0.3, 0.4) is 0 Å². The maximum Gasteiger partial charge on any atom is 0.227 e. The number of hydrogen-bond donors (Lipinski definition) is 0. The lowest BCUT2D eigenvalue weighted by Gasteiger charge is -2.05. The molecule has 5 aromatic rings. The average Bonchev–Trinajstić information content (AvgIpc) is 3.07. The van der Waals surface area contributed by atoms with Crippen LogP contribution in [-0.4, -0.2) is 4.98 Å². The maximum absolute atomic E-state index is 6.34. The highest BCUT2D eigenvalue weighted by atomic mass is 16.3. The van der Waals surface area contributed by atoms with Crippen LogP contribution in [0.1, 0.15) is 11.1 Å². The second-order valence-electron chi connectivity index (χ2n) is 7.35. The maximum atomic E-state index is 6.34. The summed E-state index contributed by atoms with van der Waals surface area (Å²) in [4.78, 5) is 4.81. The van der Waals surface area contributed by atoms with Gasteiger partial charge in [-0.2, -0.15) is 0 Å². The van der Waals surface area contributed by atoms with E-state index in [1.165, 1.54) is 11.1 Å². The zero-order chi connectivity index (χ0) is 19.3. The van der Waals surface area contributed by atoms with Crippen molar-refractivity contribution in [3.8, 4) is 22.5 Å². The number of fused-ring (bicyclic) bond motifs is 3. The minimum atomic E-state index is 0.679. The standard InChI is InChI=1S/C25H21N2O/c1-16-9-14-22(27(3)15-16)23-17(2)10-11-19-20-12-13-21(18-7-5-4-6-8-18)26-25(20)28-24(19)23/h4-15H,1-3H3/q+1. The Labute approximate surface area is 163 Å². The molecule has 136 valence electrons. The Morgan fingerprint density at radius 1 is 0.821 bits per heavy atom. The van der Waals surface area contributed by atoms with Gasteiger partial charge in [-0.3, -0.25) is 0 Å². The lowest BCUT2D eigenvalue weighted by Crippen LogP contribution is -2.31. The van der Waals surface area contributed by atoms with Crippen LogP contribution >= 0.6 is 0 Å². The van der Waals surface area contributed by atoms with Crippen molar-refractivity contribution in [2.45, 2.75) is 13.8 Å². The van der Waals surface area contributed by atoms with Crippen LogP contribution in [0.4, 0.5) is 0 Å². The highest BCUT2D eigenvalue weighted by Gasteiger charge is 2.21. The fourth-order valence-corrected chi connectivity index (χ4v) is 3.91. The molecule has 28 heavy (non-hydrogen) atoms. The fourth-order valence-electron chi connectivity index (χ4n) is 3.91. The summed E-state index contributed by atoms with van der Waals surface area (Å²) in [5.74, 6) is 0. The minimum absolute atomic E-state index is 0.679. The predicted octanol–water partition coefficient (Wildman–Crippen LogP) is 5.76. The molecule has 0 atom stereocenters. The van der Waals surface area contributed by atoms with Crippen molar-refractivity contribution >= 4 is 22.1 Å². The number of aryl methyl sites for hydroxylation is 3. The van der Waals surface area contributed by atoms with Crippen LogP contribution in [0, 0.1) is 13.8 Å². The Bertz CT molecular complexity index is 1330. The molecule has 0 radical (unpaired) electrons. The Hall–Kier alpha value is -3.46. The molecule has 0 aliphatic heterocycles. The van der Waals surface area contributed by atoms with Crippen molar-refractivity contribution in [3.63, 3.8) is 0 Å². The molecule has 0 saturated heterocycles. The van der Waals surface area contributed by atoms with E-state index in [1.54, 1.807) is 0 Å². The van der Waals surface area contributed by atoms with Gasteiger partial charge in [0.15, 0.2) is 11.8 Å². The normalized spacial score (nSPS) is 11.4. The number of hydrogen-bond acceptors (Lipinski definition) is 2. The predicted molar refractivity (Wildman–Crippen MR) is 113 cm³/mol. The molecule has 0 amide bonds. The van der Waals surface area contributed by atoms with Gasteiger partial charge in [0.1, 0.15) is 7.05 Å². The van der Waals surface area contributed by atoms with E-state index >= 15 is 0 Å². The molecule has 0 N–H and O–H groups in total. The van der Waals surface area contributed by atoms with Gasteiger partial charge in [-0.15, -0.1) is 0 Å². The van der Waals surface area contributed by atoms with E-state index < -0.39 is 0 Å². The number of pyridine rings is 2. The Morgan fingerprint density at radius 3 is 2.39 bits per heavy atom. The van der Waals surface area contributed by atoms with E-state index in [1.807, 2.05) is 18.2 Å². The molecule has 3 nitrogen and oxygen atoms in total. The largest absolute Gasteiger partial charge is 0.437 e. The van der Waals surface area contributed by atoms with Crippen molar-refractivity contribution in [3.05, 3.63) is 84.1 Å². The zero-order valence-corrected chi connectivity index (χ0v) is 16.2. The SMILES string of the molecule is Cc1ccc(-c2c(C)ccc3c2oc2nc(-c4ccccc4)ccc23)[n+](C)c1. The average molecular weight is 365 g/mol. The lowest BCUT2D eigenvalue weighted by molar-refractivity contribution is -0.660. The van der Waals surface area contributed by atoms with Crippen molar-refractivity contribution in [1.82, 2.24) is 4.98 Å². The molecule has 0 aliphatic carbocycles. The molecule has 0 bridgehead atoms. The van der Waals surface area contributed by atoms with E-state index in [-0.39, 0.29) is 0 Å². The van der Waals surface area contributed by atoms with E-state index in [0.29, 0.717) is 5.71 Å². The van der Waals surface area contributed by atoms with Crippen LogP contribution in [0.25, 0.3) is 44.6 Å². The van der Waals surface area contributed by atoms with Crippen LogP contribution in [-0.2, 0) is 7.05 Å². The Morgan fingerprint density at radius 2 is 1.61 bits per heavy atom. The van der Waals surface area contributed by atoms with Gasteiger partial charge in [-0.05, 0) is 37.6 Å². The van der Waals surface area contributed by atoms with Gasteiger partial charge < -0.3 is 4.42 Å². The molecule has 0 spiro atoms. The molecule has 3 heterocycles. The number of benzene rings is 2. The first-order valence-electron chi connectivity index (χ1n) is 9.47. The van der Waals surface area contributed by atoms with E-state index in [2.05, 4.69) is 80.2 Å². The van der Waals surface area contributed by atoms with Crippen LogP contribution in [0.5, 0.6) is 0 Å². The van der Waals surface area contributed by atoms with E-state index in [4.69, 9.17) is 9.40 Å². The van der Waals surface area contributed by atoms with Gasteiger partial charge in [-0.25, -0.2) is 9.55 Å². The topological polar surface area (TPSA) is 29.9 Å². The van der Waals surface area contributed by atoms with Gasteiger partial charge in [0.05, 0.1) is 11.3 Å². The van der Waals surface area contributed by atoms with Gasteiger partial charge in [-0.1, -0.05) is 42.5 Å². The molecular weight excluding hydrogens is 344 g/mol. The summed E-state index contributed by atoms with van der Waals surface area (Å²) in [6.45, 7) is 4.23. The quantitative estimate of drug-likeness (QED) is 0.373. The molecule has 2 aromatic carbocycles. The summed E-state index contributed by atoms with van der Waals surface area (Å²) in [6, 6.07) is 23.0. The molecule has 5 rings (SSSR count). The van der Waals surface area contributed by atoms with Crippen molar-refractivity contribution in [2.75, 3.05) is 0 Å². The van der Waals surface area contributed by atoms with Crippen molar-refractivity contribution in [2.24, 2.45) is 7.05 Å². The second-order valence-corrected chi connectivity index (χ2v) is 7.35. The second kappa shape index (κ2) is 6.31. The van der Waals surface area contributed by atoms with E-state index in [0.717, 1.165) is 38.9 Å². The third-order valence-corrected chi connectivity index (χ3v) is 5.32. The van der Waals surface area contributed by atoms with Crippen LogP contribution in [0.2, 0.25) is 0 Å². The summed E-state index contributed by atoms with van der Waals surface area (Å²) in [7, 11) is 2.08. The third-order valence-electron chi connectivity index (χ3n) is 5.32. The highest BCUT2D eigenvalue weighted by molar-refractivity contribution is 6.09.